The number of nitrogens with two attached hydrogens (primary N) is 1. The summed E-state index contributed by atoms with van der Waals surface area (Å²) in [6.45, 7) is 1.97. The zero-order valence-corrected chi connectivity index (χ0v) is 11.4. The molecule has 3 aromatic rings. The van der Waals surface area contributed by atoms with E-state index in [9.17, 15) is 10.1 Å². The molecule has 2 N–H and O–H groups in total. The van der Waals surface area contributed by atoms with Gasteiger partial charge in [-0.2, -0.15) is 0 Å². The van der Waals surface area contributed by atoms with Crippen LogP contribution in [0.3, 0.4) is 0 Å². The van der Waals surface area contributed by atoms with Gasteiger partial charge < -0.3 is 10.2 Å². The lowest BCUT2D eigenvalue weighted by atomic mass is 9.93. The van der Waals surface area contributed by atoms with Crippen LogP contribution in [0.15, 0.2) is 52.9 Å². The lowest BCUT2D eigenvalue weighted by Gasteiger charge is -2.15. The van der Waals surface area contributed by atoms with E-state index in [-0.39, 0.29) is 5.88 Å². The number of nitrogens with zero attached hydrogens (tertiary/aromatic N) is 1. The summed E-state index contributed by atoms with van der Waals surface area (Å²) in [4.78, 5) is 10.2. The third-order valence-electron chi connectivity index (χ3n) is 3.60. The van der Waals surface area contributed by atoms with E-state index in [2.05, 4.69) is 0 Å². The molecule has 0 amide bonds. The Morgan fingerprint density at radius 3 is 2.62 bits per heavy atom. The van der Waals surface area contributed by atoms with Crippen LogP contribution in [0.2, 0.25) is 0 Å². The zero-order chi connectivity index (χ0) is 15.0. The maximum absolute atomic E-state index is 10.7. The molecule has 5 nitrogen and oxygen atoms in total. The van der Waals surface area contributed by atoms with Gasteiger partial charge in [0.1, 0.15) is 10.7 Å². The summed E-state index contributed by atoms with van der Waals surface area (Å²) in [5.41, 5.74) is 8.24. The van der Waals surface area contributed by atoms with E-state index in [1.54, 1.807) is 6.07 Å². The Morgan fingerprint density at radius 2 is 1.90 bits per heavy atom. The van der Waals surface area contributed by atoms with E-state index in [0.717, 1.165) is 21.9 Å². The van der Waals surface area contributed by atoms with Crippen molar-refractivity contribution >= 4 is 16.7 Å². The van der Waals surface area contributed by atoms with Crippen molar-refractivity contribution in [3.05, 3.63) is 75.5 Å². The van der Waals surface area contributed by atoms with Gasteiger partial charge in [-0.3, -0.25) is 10.1 Å². The van der Waals surface area contributed by atoms with E-state index in [4.69, 9.17) is 10.2 Å². The standard InChI is InChI=1S/C16H14N2O3/c1-10-6-7-11-4-2-3-5-12(11)15(10)16(17)13-8-9-14(21-13)18(19)20/h2-9,16H,17H2,1H3. The predicted molar refractivity (Wildman–Crippen MR) is 80.1 cm³/mol. The number of nitro groups is 1. The average Bonchev–Trinajstić information content (AvgIpc) is 2.96. The minimum absolute atomic E-state index is 0.293. The fourth-order valence-corrected chi connectivity index (χ4v) is 2.57. The van der Waals surface area contributed by atoms with Gasteiger partial charge >= 0.3 is 5.88 Å². The molecular formula is C16H14N2O3. The summed E-state index contributed by atoms with van der Waals surface area (Å²) in [6, 6.07) is 14.3. The molecule has 0 aliphatic heterocycles. The van der Waals surface area contributed by atoms with Crippen LogP contribution in [0.25, 0.3) is 10.8 Å². The van der Waals surface area contributed by atoms with Crippen LogP contribution in [0.1, 0.15) is 22.9 Å². The van der Waals surface area contributed by atoms with Gasteiger partial charge in [-0.1, -0.05) is 36.4 Å². The highest BCUT2D eigenvalue weighted by atomic mass is 16.6. The van der Waals surface area contributed by atoms with Crippen molar-refractivity contribution in [2.24, 2.45) is 5.73 Å². The molecular weight excluding hydrogens is 268 g/mol. The molecule has 1 aromatic heterocycles. The zero-order valence-electron chi connectivity index (χ0n) is 11.4. The number of aryl methyl sites for hydroxylation is 1. The summed E-state index contributed by atoms with van der Waals surface area (Å²) in [5.74, 6) is 0.0968. The molecule has 2 aromatic carbocycles. The van der Waals surface area contributed by atoms with E-state index in [1.807, 2.05) is 43.3 Å². The largest absolute Gasteiger partial charge is 0.433 e. The fraction of sp³-hybridized carbons (Fsp3) is 0.125. The smallest absolute Gasteiger partial charge is 0.404 e. The van der Waals surface area contributed by atoms with Crippen molar-refractivity contribution in [2.75, 3.05) is 0 Å². The van der Waals surface area contributed by atoms with Crippen LogP contribution in [-0.4, -0.2) is 4.92 Å². The molecule has 106 valence electrons. The van der Waals surface area contributed by atoms with Gasteiger partial charge in [-0.05, 0) is 34.9 Å². The number of benzene rings is 2. The van der Waals surface area contributed by atoms with Crippen molar-refractivity contribution in [3.8, 4) is 0 Å². The van der Waals surface area contributed by atoms with Crippen molar-refractivity contribution in [1.29, 1.82) is 0 Å². The van der Waals surface area contributed by atoms with E-state index < -0.39 is 11.0 Å². The first-order valence-corrected chi connectivity index (χ1v) is 6.56. The van der Waals surface area contributed by atoms with Crippen molar-refractivity contribution in [3.63, 3.8) is 0 Å². The maximum Gasteiger partial charge on any atom is 0.433 e. The average molecular weight is 282 g/mol. The lowest BCUT2D eigenvalue weighted by Crippen LogP contribution is -2.13. The molecule has 0 fully saturated rings. The lowest BCUT2D eigenvalue weighted by molar-refractivity contribution is -0.402. The Labute approximate surface area is 121 Å². The monoisotopic (exact) mass is 282 g/mol. The first-order valence-electron chi connectivity index (χ1n) is 6.56. The van der Waals surface area contributed by atoms with Crippen molar-refractivity contribution < 1.29 is 9.34 Å². The molecule has 0 saturated carbocycles. The molecule has 3 rings (SSSR count). The molecule has 0 spiro atoms. The van der Waals surface area contributed by atoms with Crippen LogP contribution < -0.4 is 5.73 Å². The summed E-state index contributed by atoms with van der Waals surface area (Å²) < 4.78 is 5.24. The molecule has 21 heavy (non-hydrogen) atoms. The highest BCUT2D eigenvalue weighted by Gasteiger charge is 2.21. The molecule has 0 radical (unpaired) electrons. The Balaban J connectivity index is 2.14. The van der Waals surface area contributed by atoms with Crippen LogP contribution in [-0.2, 0) is 0 Å². The van der Waals surface area contributed by atoms with Gasteiger partial charge in [0.15, 0.2) is 0 Å². The van der Waals surface area contributed by atoms with E-state index in [0.29, 0.717) is 5.76 Å². The first-order chi connectivity index (χ1) is 10.1. The third kappa shape index (κ3) is 2.28. The second-order valence-corrected chi connectivity index (χ2v) is 4.93. The molecule has 5 heteroatoms. The van der Waals surface area contributed by atoms with Crippen LogP contribution in [0.4, 0.5) is 5.88 Å². The van der Waals surface area contributed by atoms with E-state index >= 15 is 0 Å². The van der Waals surface area contributed by atoms with Gasteiger partial charge in [0.2, 0.25) is 0 Å². The van der Waals surface area contributed by atoms with Gasteiger partial charge in [-0.15, -0.1) is 0 Å². The summed E-state index contributed by atoms with van der Waals surface area (Å²) in [7, 11) is 0. The number of furan rings is 1. The van der Waals surface area contributed by atoms with Gasteiger partial charge in [0.25, 0.3) is 0 Å². The quantitative estimate of drug-likeness (QED) is 0.586. The minimum atomic E-state index is -0.563. The minimum Gasteiger partial charge on any atom is -0.404 e. The first kappa shape index (κ1) is 13.3. The Morgan fingerprint density at radius 1 is 1.14 bits per heavy atom. The normalized spacial score (nSPS) is 12.5. The van der Waals surface area contributed by atoms with Crippen LogP contribution in [0, 0.1) is 17.0 Å². The SMILES string of the molecule is Cc1ccc2ccccc2c1C(N)c1ccc([N+](=O)[O-])o1. The number of hydrogen-bond donors (Lipinski definition) is 1. The summed E-state index contributed by atoms with van der Waals surface area (Å²) in [6.07, 6.45) is 0. The molecule has 0 aliphatic carbocycles. The van der Waals surface area contributed by atoms with E-state index in [1.165, 1.54) is 6.07 Å². The molecule has 0 bridgehead atoms. The number of rotatable bonds is 3. The number of hydrogen-bond acceptors (Lipinski definition) is 4. The molecule has 1 unspecified atom stereocenters. The molecule has 1 heterocycles. The summed E-state index contributed by atoms with van der Waals surface area (Å²) >= 11 is 0. The Hall–Kier alpha value is -2.66. The van der Waals surface area contributed by atoms with Crippen molar-refractivity contribution in [2.45, 2.75) is 13.0 Å². The number of fused-ring (bicyclic) bond motifs is 1. The van der Waals surface area contributed by atoms with Gasteiger partial charge in [0, 0.05) is 0 Å². The summed E-state index contributed by atoms with van der Waals surface area (Å²) in [5, 5.41) is 12.8. The van der Waals surface area contributed by atoms with Gasteiger partial charge in [-0.25, -0.2) is 0 Å². The van der Waals surface area contributed by atoms with Crippen LogP contribution >= 0.6 is 0 Å². The Kier molecular flexibility index (Phi) is 3.19. The highest BCUT2D eigenvalue weighted by molar-refractivity contribution is 5.87. The Bertz CT molecular complexity index is 823. The van der Waals surface area contributed by atoms with Crippen molar-refractivity contribution in [1.82, 2.24) is 0 Å². The van der Waals surface area contributed by atoms with Gasteiger partial charge in [0.05, 0.1) is 12.1 Å². The fourth-order valence-electron chi connectivity index (χ4n) is 2.57. The second-order valence-electron chi connectivity index (χ2n) is 4.93. The topological polar surface area (TPSA) is 82.3 Å². The third-order valence-corrected chi connectivity index (χ3v) is 3.60. The molecule has 1 atom stereocenters. The molecule has 0 aliphatic rings. The highest BCUT2D eigenvalue weighted by Crippen LogP contribution is 2.32. The van der Waals surface area contributed by atoms with Crippen LogP contribution in [0.5, 0.6) is 0 Å². The second kappa shape index (κ2) is 5.03. The predicted octanol–water partition coefficient (Wildman–Crippen LogP) is 3.70. The maximum atomic E-state index is 10.7. The molecule has 0 saturated heterocycles.